The average Bonchev–Trinajstić information content (AvgIpc) is 3.25. The summed E-state index contributed by atoms with van der Waals surface area (Å²) in [6, 6.07) is 8.08. The van der Waals surface area contributed by atoms with Gasteiger partial charge in [-0.15, -0.1) is 10.2 Å². The Morgan fingerprint density at radius 2 is 1.04 bits per heavy atom. The first-order valence-electron chi connectivity index (χ1n) is 9.44. The van der Waals surface area contributed by atoms with Crippen LogP contribution in [0.2, 0.25) is 0 Å². The third-order valence-corrected chi connectivity index (χ3v) is 3.70. The van der Waals surface area contributed by atoms with Crippen LogP contribution in [0.5, 0.6) is 0 Å². The summed E-state index contributed by atoms with van der Waals surface area (Å²) in [6.45, 7) is 12.7. The number of aromatic nitrogens is 6. The van der Waals surface area contributed by atoms with E-state index in [1.807, 2.05) is 59.9 Å². The molecule has 0 aliphatic heterocycles. The van der Waals surface area contributed by atoms with E-state index in [0.717, 1.165) is 35.6 Å². The van der Waals surface area contributed by atoms with Crippen LogP contribution in [0.3, 0.4) is 0 Å². The summed E-state index contributed by atoms with van der Waals surface area (Å²) in [5.74, 6) is 1.15. The van der Waals surface area contributed by atoms with Crippen LogP contribution in [0.4, 0.5) is 0 Å². The van der Waals surface area contributed by atoms with E-state index in [1.165, 1.54) is 0 Å². The van der Waals surface area contributed by atoms with Gasteiger partial charge in [-0.25, -0.2) is 9.36 Å². The van der Waals surface area contributed by atoms with Crippen molar-refractivity contribution in [2.24, 2.45) is 11.8 Å². The van der Waals surface area contributed by atoms with E-state index in [1.54, 1.807) is 0 Å². The Balaban J connectivity index is 0.00000117. The van der Waals surface area contributed by atoms with Crippen molar-refractivity contribution in [2.45, 2.75) is 54.4 Å². The minimum Gasteiger partial charge on any atom is -0.220 e. The minimum absolute atomic E-state index is 0.574. The molecule has 0 fully saturated rings. The topological polar surface area (TPSA) is 61.4 Å². The summed E-state index contributed by atoms with van der Waals surface area (Å²) >= 11 is 0. The minimum atomic E-state index is 0.574. The van der Waals surface area contributed by atoms with Gasteiger partial charge in [-0.05, 0) is 48.9 Å². The number of benzene rings is 1. The van der Waals surface area contributed by atoms with Gasteiger partial charge in [0.1, 0.15) is 0 Å². The van der Waals surface area contributed by atoms with Crippen molar-refractivity contribution in [3.63, 3.8) is 0 Å². The lowest BCUT2D eigenvalue weighted by atomic mass is 10.1. The van der Waals surface area contributed by atoms with Crippen LogP contribution in [0.25, 0.3) is 11.4 Å². The second-order valence-electron chi connectivity index (χ2n) is 7.02. The van der Waals surface area contributed by atoms with Gasteiger partial charge in [-0.1, -0.05) is 52.0 Å². The van der Waals surface area contributed by atoms with Crippen molar-refractivity contribution in [1.29, 1.82) is 0 Å². The van der Waals surface area contributed by atoms with E-state index in [4.69, 9.17) is 0 Å². The molecule has 0 radical (unpaired) electrons. The molecule has 0 aliphatic rings. The first-order chi connectivity index (χ1) is 12.5. The summed E-state index contributed by atoms with van der Waals surface area (Å²) in [5.41, 5.74) is 4.01. The fraction of sp³-hybridized carbons (Fsp3) is 0.500. The molecule has 0 saturated heterocycles. The molecule has 0 amide bonds. The fourth-order valence-corrected chi connectivity index (χ4v) is 2.63. The lowest BCUT2D eigenvalue weighted by Gasteiger charge is -2.03. The third kappa shape index (κ3) is 5.25. The molecule has 3 rings (SSSR count). The molecule has 0 N–H and O–H groups in total. The molecule has 6 nitrogen and oxygen atoms in total. The molecule has 2 heterocycles. The average molecular weight is 355 g/mol. The van der Waals surface area contributed by atoms with Gasteiger partial charge in [0.2, 0.25) is 0 Å². The molecular weight excluding hydrogens is 324 g/mol. The van der Waals surface area contributed by atoms with Crippen LogP contribution in [0.1, 0.15) is 52.9 Å². The molecule has 140 valence electrons. The molecule has 0 saturated carbocycles. The quantitative estimate of drug-likeness (QED) is 0.663. The van der Waals surface area contributed by atoms with E-state index in [9.17, 15) is 0 Å². The first kappa shape index (κ1) is 19.8. The van der Waals surface area contributed by atoms with Crippen LogP contribution < -0.4 is 0 Å². The van der Waals surface area contributed by atoms with Gasteiger partial charge in [0.15, 0.2) is 0 Å². The maximum atomic E-state index is 4.23. The Morgan fingerprint density at radius 3 is 1.35 bits per heavy atom. The van der Waals surface area contributed by atoms with Crippen molar-refractivity contribution in [1.82, 2.24) is 30.0 Å². The normalized spacial score (nSPS) is 10.9. The van der Waals surface area contributed by atoms with Crippen molar-refractivity contribution in [3.05, 3.63) is 48.0 Å². The Hall–Kier alpha value is -2.50. The van der Waals surface area contributed by atoms with E-state index in [-0.39, 0.29) is 0 Å². The summed E-state index contributed by atoms with van der Waals surface area (Å²) in [6.07, 6.45) is 5.86. The lowest BCUT2D eigenvalue weighted by Crippen LogP contribution is -1.98. The third-order valence-electron chi connectivity index (χ3n) is 3.70. The van der Waals surface area contributed by atoms with E-state index in [0.29, 0.717) is 11.8 Å². The number of hydrogen-bond donors (Lipinski definition) is 0. The Bertz CT molecular complexity index is 716. The molecule has 6 heteroatoms. The molecule has 0 unspecified atom stereocenters. The predicted octanol–water partition coefficient (Wildman–Crippen LogP) is 4.27. The van der Waals surface area contributed by atoms with Gasteiger partial charge in [-0.2, -0.15) is 0 Å². The standard InChI is InChI=1S/C18H24N6.C2H6/c1-13(2)9-15-11-23(21-19-15)17-5-7-18(8-6-17)24-12-16(20-22-24)10-14(3)4;1-2/h5-8,11-14H,9-10H2,1-4H3;1-2H3. The lowest BCUT2D eigenvalue weighted by molar-refractivity contribution is 0.633. The second kappa shape index (κ2) is 9.27. The number of nitrogens with zero attached hydrogens (tertiary/aromatic N) is 6. The highest BCUT2D eigenvalue weighted by Gasteiger charge is 2.07. The Kier molecular flexibility index (Phi) is 7.06. The van der Waals surface area contributed by atoms with Crippen LogP contribution in [0, 0.1) is 11.8 Å². The van der Waals surface area contributed by atoms with Gasteiger partial charge in [0.05, 0.1) is 35.2 Å². The highest BCUT2D eigenvalue weighted by atomic mass is 15.4. The highest BCUT2D eigenvalue weighted by molar-refractivity contribution is 5.40. The van der Waals surface area contributed by atoms with Gasteiger partial charge >= 0.3 is 0 Å². The van der Waals surface area contributed by atoms with Crippen molar-refractivity contribution < 1.29 is 0 Å². The van der Waals surface area contributed by atoms with Gasteiger partial charge < -0.3 is 0 Å². The van der Waals surface area contributed by atoms with Crippen LogP contribution in [-0.2, 0) is 12.8 Å². The smallest absolute Gasteiger partial charge is 0.0834 e. The van der Waals surface area contributed by atoms with Crippen LogP contribution in [-0.4, -0.2) is 30.0 Å². The first-order valence-corrected chi connectivity index (χ1v) is 9.44. The van der Waals surface area contributed by atoms with Crippen molar-refractivity contribution >= 4 is 0 Å². The zero-order chi connectivity index (χ0) is 19.1. The van der Waals surface area contributed by atoms with Crippen LogP contribution >= 0.6 is 0 Å². The molecule has 2 aromatic heterocycles. The largest absolute Gasteiger partial charge is 0.220 e. The van der Waals surface area contributed by atoms with E-state index >= 15 is 0 Å². The molecule has 3 aromatic rings. The predicted molar refractivity (Wildman–Crippen MR) is 105 cm³/mol. The zero-order valence-electron chi connectivity index (χ0n) is 16.7. The highest BCUT2D eigenvalue weighted by Crippen LogP contribution is 2.14. The summed E-state index contributed by atoms with van der Waals surface area (Å²) < 4.78 is 3.63. The molecule has 0 spiro atoms. The summed E-state index contributed by atoms with van der Waals surface area (Å²) in [7, 11) is 0. The Morgan fingerprint density at radius 1 is 0.692 bits per heavy atom. The van der Waals surface area contributed by atoms with Gasteiger partial charge in [-0.3, -0.25) is 0 Å². The van der Waals surface area contributed by atoms with Crippen molar-refractivity contribution in [2.75, 3.05) is 0 Å². The number of hydrogen-bond acceptors (Lipinski definition) is 4. The van der Waals surface area contributed by atoms with Gasteiger partial charge in [0, 0.05) is 0 Å². The fourth-order valence-electron chi connectivity index (χ4n) is 2.63. The number of rotatable bonds is 6. The zero-order valence-corrected chi connectivity index (χ0v) is 16.7. The van der Waals surface area contributed by atoms with E-state index in [2.05, 4.69) is 48.3 Å². The van der Waals surface area contributed by atoms with Gasteiger partial charge in [0.25, 0.3) is 0 Å². The van der Waals surface area contributed by atoms with Crippen LogP contribution in [0.15, 0.2) is 36.7 Å². The van der Waals surface area contributed by atoms with Crippen molar-refractivity contribution in [3.8, 4) is 11.4 Å². The Labute approximate surface area is 156 Å². The maximum Gasteiger partial charge on any atom is 0.0834 e. The monoisotopic (exact) mass is 354 g/mol. The molecule has 0 aliphatic carbocycles. The van der Waals surface area contributed by atoms with E-state index < -0.39 is 0 Å². The SMILES string of the molecule is CC.CC(C)Cc1cn(-c2ccc(-n3cc(CC(C)C)nn3)cc2)nn1. The molecule has 0 bridgehead atoms. The maximum absolute atomic E-state index is 4.23. The molecule has 0 atom stereocenters. The molecular formula is C20H30N6. The summed E-state index contributed by atoms with van der Waals surface area (Å²) in [4.78, 5) is 0. The molecule has 26 heavy (non-hydrogen) atoms. The molecule has 1 aromatic carbocycles. The summed E-state index contributed by atoms with van der Waals surface area (Å²) in [5, 5.41) is 16.9. The second-order valence-corrected chi connectivity index (χ2v) is 7.02.